The van der Waals surface area contributed by atoms with E-state index in [4.69, 9.17) is 0 Å². The first-order valence-electron chi connectivity index (χ1n) is 11.0. The molecule has 0 aliphatic heterocycles. The average Bonchev–Trinajstić information content (AvgIpc) is 3.15. The highest BCUT2D eigenvalue weighted by atomic mass is 16.2. The fourth-order valence-electron chi connectivity index (χ4n) is 4.20. The SMILES string of the molecule is Cc1nn([C@H](C)C(=O)NCCC2=CCCCC2)c(=O)c2c(C)n(-c3ccccc3)nc12. The maximum absolute atomic E-state index is 13.3. The number of benzene rings is 1. The summed E-state index contributed by atoms with van der Waals surface area (Å²) in [6.45, 7) is 5.98. The van der Waals surface area contributed by atoms with Crippen LogP contribution in [0, 0.1) is 13.8 Å². The van der Waals surface area contributed by atoms with Crippen molar-refractivity contribution in [1.82, 2.24) is 24.9 Å². The highest BCUT2D eigenvalue weighted by Crippen LogP contribution is 2.21. The van der Waals surface area contributed by atoms with Gasteiger partial charge in [0.05, 0.1) is 22.5 Å². The number of hydrogen-bond acceptors (Lipinski definition) is 4. The second kappa shape index (κ2) is 8.88. The number of carbonyl (C=O) groups is 1. The number of allylic oxidation sites excluding steroid dienone is 1. The lowest BCUT2D eigenvalue weighted by molar-refractivity contribution is -0.124. The molecule has 0 bridgehead atoms. The summed E-state index contributed by atoms with van der Waals surface area (Å²) in [5, 5.41) is 12.5. The van der Waals surface area contributed by atoms with Crippen molar-refractivity contribution >= 4 is 16.8 Å². The molecular formula is C24H29N5O2. The van der Waals surface area contributed by atoms with Crippen LogP contribution in [0.5, 0.6) is 0 Å². The molecule has 31 heavy (non-hydrogen) atoms. The van der Waals surface area contributed by atoms with Crippen LogP contribution in [0.1, 0.15) is 56.5 Å². The molecule has 1 atom stereocenters. The van der Waals surface area contributed by atoms with E-state index < -0.39 is 6.04 Å². The molecule has 2 heterocycles. The molecule has 0 radical (unpaired) electrons. The van der Waals surface area contributed by atoms with Gasteiger partial charge in [0, 0.05) is 6.54 Å². The second-order valence-electron chi connectivity index (χ2n) is 8.22. The number of amides is 1. The lowest BCUT2D eigenvalue weighted by Gasteiger charge is -2.16. The van der Waals surface area contributed by atoms with Gasteiger partial charge in [-0.05, 0) is 65.0 Å². The molecule has 1 aliphatic rings. The number of aryl methyl sites for hydroxylation is 2. The molecule has 1 aliphatic carbocycles. The van der Waals surface area contributed by atoms with Crippen LogP contribution in [-0.2, 0) is 4.79 Å². The first-order valence-corrected chi connectivity index (χ1v) is 11.0. The number of carbonyl (C=O) groups excluding carboxylic acids is 1. The Morgan fingerprint density at radius 1 is 1.16 bits per heavy atom. The van der Waals surface area contributed by atoms with Crippen molar-refractivity contribution in [2.24, 2.45) is 0 Å². The zero-order valence-electron chi connectivity index (χ0n) is 18.4. The molecular weight excluding hydrogens is 390 g/mol. The van der Waals surface area contributed by atoms with Crippen molar-refractivity contribution in [3.63, 3.8) is 0 Å². The molecule has 2 aromatic heterocycles. The van der Waals surface area contributed by atoms with Gasteiger partial charge in [-0.25, -0.2) is 9.36 Å². The van der Waals surface area contributed by atoms with Gasteiger partial charge in [-0.2, -0.15) is 10.2 Å². The molecule has 1 aromatic carbocycles. The van der Waals surface area contributed by atoms with Crippen molar-refractivity contribution in [3.05, 3.63) is 63.7 Å². The Morgan fingerprint density at radius 3 is 2.65 bits per heavy atom. The summed E-state index contributed by atoms with van der Waals surface area (Å²) in [6.07, 6.45) is 7.88. The van der Waals surface area contributed by atoms with Gasteiger partial charge in [0.25, 0.3) is 5.56 Å². The van der Waals surface area contributed by atoms with E-state index in [0.29, 0.717) is 23.1 Å². The minimum absolute atomic E-state index is 0.196. The average molecular weight is 420 g/mol. The minimum atomic E-state index is -0.699. The van der Waals surface area contributed by atoms with Gasteiger partial charge in [-0.1, -0.05) is 29.8 Å². The Kier molecular flexibility index (Phi) is 6.02. The summed E-state index contributed by atoms with van der Waals surface area (Å²) < 4.78 is 3.05. The van der Waals surface area contributed by atoms with Gasteiger partial charge in [0.2, 0.25) is 5.91 Å². The minimum Gasteiger partial charge on any atom is -0.354 e. The third-order valence-corrected chi connectivity index (χ3v) is 6.02. The number of rotatable bonds is 6. The first-order chi connectivity index (χ1) is 15.0. The molecule has 0 spiro atoms. The predicted molar refractivity (Wildman–Crippen MR) is 121 cm³/mol. The maximum atomic E-state index is 13.3. The van der Waals surface area contributed by atoms with E-state index in [0.717, 1.165) is 30.6 Å². The number of fused-ring (bicyclic) bond motifs is 1. The van der Waals surface area contributed by atoms with Gasteiger partial charge in [0.1, 0.15) is 11.6 Å². The molecule has 3 aromatic rings. The fraction of sp³-hybridized carbons (Fsp3) is 0.417. The molecule has 162 valence electrons. The monoisotopic (exact) mass is 419 g/mol. The molecule has 0 fully saturated rings. The summed E-state index contributed by atoms with van der Waals surface area (Å²) in [4.78, 5) is 26.0. The summed E-state index contributed by atoms with van der Waals surface area (Å²) in [5.74, 6) is -0.196. The predicted octanol–water partition coefficient (Wildman–Crippen LogP) is 3.77. The van der Waals surface area contributed by atoms with E-state index in [9.17, 15) is 9.59 Å². The van der Waals surface area contributed by atoms with E-state index in [2.05, 4.69) is 21.6 Å². The highest BCUT2D eigenvalue weighted by Gasteiger charge is 2.23. The Labute approximate surface area is 181 Å². The molecule has 1 N–H and O–H groups in total. The van der Waals surface area contributed by atoms with E-state index in [-0.39, 0.29) is 11.5 Å². The number of nitrogens with one attached hydrogen (secondary N) is 1. The van der Waals surface area contributed by atoms with Crippen LogP contribution in [-0.4, -0.2) is 32.0 Å². The summed E-state index contributed by atoms with van der Waals surface area (Å²) in [6, 6.07) is 8.99. The normalized spacial score (nSPS) is 15.0. The van der Waals surface area contributed by atoms with Crippen LogP contribution in [0.4, 0.5) is 0 Å². The Balaban J connectivity index is 1.59. The van der Waals surface area contributed by atoms with Crippen LogP contribution in [0.2, 0.25) is 0 Å². The summed E-state index contributed by atoms with van der Waals surface area (Å²) in [7, 11) is 0. The zero-order chi connectivity index (χ0) is 22.0. The van der Waals surface area contributed by atoms with Crippen LogP contribution in [0.15, 0.2) is 46.8 Å². The van der Waals surface area contributed by atoms with Crippen molar-refractivity contribution in [1.29, 1.82) is 0 Å². The van der Waals surface area contributed by atoms with Gasteiger partial charge in [0.15, 0.2) is 0 Å². The Morgan fingerprint density at radius 2 is 1.94 bits per heavy atom. The molecule has 1 amide bonds. The fourth-order valence-corrected chi connectivity index (χ4v) is 4.20. The smallest absolute Gasteiger partial charge is 0.278 e. The number of aromatic nitrogens is 4. The molecule has 0 saturated carbocycles. The number of hydrogen-bond donors (Lipinski definition) is 1. The molecule has 0 saturated heterocycles. The largest absolute Gasteiger partial charge is 0.354 e. The Bertz CT molecular complexity index is 1190. The van der Waals surface area contributed by atoms with Crippen LogP contribution >= 0.6 is 0 Å². The third kappa shape index (κ3) is 4.17. The topological polar surface area (TPSA) is 81.8 Å². The van der Waals surface area contributed by atoms with Gasteiger partial charge in [-0.3, -0.25) is 9.59 Å². The van der Waals surface area contributed by atoms with Crippen molar-refractivity contribution < 1.29 is 4.79 Å². The second-order valence-corrected chi connectivity index (χ2v) is 8.22. The van der Waals surface area contributed by atoms with Crippen LogP contribution in [0.25, 0.3) is 16.6 Å². The van der Waals surface area contributed by atoms with Gasteiger partial charge >= 0.3 is 0 Å². The number of nitrogens with zero attached hydrogens (tertiary/aromatic N) is 4. The quantitative estimate of drug-likeness (QED) is 0.617. The lowest BCUT2D eigenvalue weighted by Crippen LogP contribution is -2.38. The van der Waals surface area contributed by atoms with Crippen LogP contribution in [0.3, 0.4) is 0 Å². The standard InChI is InChI=1S/C24H29N5O2/c1-16-22-21(17(2)28(27-22)20-12-8-5-9-13-20)24(31)29(26-16)18(3)23(30)25-15-14-19-10-6-4-7-11-19/h5,8-10,12-13,18H,4,6-7,11,14-15H2,1-3H3,(H,25,30)/t18-/m1/s1. The lowest BCUT2D eigenvalue weighted by atomic mass is 9.97. The van der Waals surface area contributed by atoms with Gasteiger partial charge < -0.3 is 5.32 Å². The summed E-state index contributed by atoms with van der Waals surface area (Å²) in [5.41, 5.74) is 3.93. The molecule has 0 unspecified atom stereocenters. The molecule has 7 nitrogen and oxygen atoms in total. The van der Waals surface area contributed by atoms with Crippen molar-refractivity contribution in [3.8, 4) is 5.69 Å². The zero-order valence-corrected chi connectivity index (χ0v) is 18.4. The highest BCUT2D eigenvalue weighted by molar-refractivity contribution is 5.84. The first kappa shape index (κ1) is 21.0. The Hall–Kier alpha value is -3.22. The van der Waals surface area contributed by atoms with E-state index >= 15 is 0 Å². The third-order valence-electron chi connectivity index (χ3n) is 6.02. The van der Waals surface area contributed by atoms with Crippen molar-refractivity contribution in [2.45, 2.75) is 58.9 Å². The van der Waals surface area contributed by atoms with E-state index in [1.807, 2.05) is 44.2 Å². The van der Waals surface area contributed by atoms with Crippen LogP contribution < -0.4 is 10.9 Å². The van der Waals surface area contributed by atoms with E-state index in [1.165, 1.54) is 23.1 Å². The van der Waals surface area contributed by atoms with E-state index in [1.54, 1.807) is 11.6 Å². The maximum Gasteiger partial charge on any atom is 0.278 e. The van der Waals surface area contributed by atoms with Crippen molar-refractivity contribution in [2.75, 3.05) is 6.54 Å². The molecule has 7 heteroatoms. The number of para-hydroxylation sites is 1. The molecule has 4 rings (SSSR count). The summed E-state index contributed by atoms with van der Waals surface area (Å²) >= 11 is 0. The van der Waals surface area contributed by atoms with Gasteiger partial charge in [-0.15, -0.1) is 0 Å².